The largest absolute Gasteiger partial charge is 0.467 e. The first kappa shape index (κ1) is 13.0. The van der Waals surface area contributed by atoms with Gasteiger partial charge < -0.3 is 9.73 Å². The lowest BCUT2D eigenvalue weighted by atomic mass is 10.0. The van der Waals surface area contributed by atoms with Crippen LogP contribution in [0.1, 0.15) is 43.0 Å². The zero-order valence-electron chi connectivity index (χ0n) is 11.4. The lowest BCUT2D eigenvalue weighted by Gasteiger charge is -2.19. The quantitative estimate of drug-likeness (QED) is 0.920. The van der Waals surface area contributed by atoms with Crippen LogP contribution in [0.15, 0.2) is 53.1 Å². The van der Waals surface area contributed by atoms with Crippen LogP contribution in [-0.4, -0.2) is 5.91 Å². The molecule has 104 valence electrons. The van der Waals surface area contributed by atoms with Crippen molar-refractivity contribution in [3.05, 3.63) is 60.1 Å². The molecule has 1 aliphatic rings. The third-order valence-electron chi connectivity index (χ3n) is 3.97. The predicted octanol–water partition coefficient (Wildman–Crippen LogP) is 3.68. The molecule has 1 unspecified atom stereocenters. The number of amides is 1. The molecule has 0 aliphatic heterocycles. The first-order chi connectivity index (χ1) is 9.84. The van der Waals surface area contributed by atoms with Crippen molar-refractivity contribution in [2.24, 2.45) is 5.92 Å². The minimum Gasteiger partial charge on any atom is -0.467 e. The number of carbonyl (C=O) groups is 1. The Kier molecular flexibility index (Phi) is 3.86. The Morgan fingerprint density at radius 1 is 1.10 bits per heavy atom. The molecular weight excluding hydrogens is 250 g/mol. The maximum Gasteiger partial charge on any atom is 0.223 e. The average Bonchev–Trinajstić information content (AvgIpc) is 3.18. The molecule has 3 nitrogen and oxygen atoms in total. The van der Waals surface area contributed by atoms with Gasteiger partial charge in [-0.2, -0.15) is 0 Å². The first-order valence-electron chi connectivity index (χ1n) is 7.23. The summed E-state index contributed by atoms with van der Waals surface area (Å²) in [4.78, 5) is 12.4. The zero-order chi connectivity index (χ0) is 13.8. The van der Waals surface area contributed by atoms with Crippen molar-refractivity contribution < 1.29 is 9.21 Å². The number of carbonyl (C=O) groups excluding carboxylic acids is 1. The Labute approximate surface area is 119 Å². The summed E-state index contributed by atoms with van der Waals surface area (Å²) in [5.41, 5.74) is 1.05. The molecule has 0 radical (unpaired) electrons. The van der Waals surface area contributed by atoms with E-state index in [1.807, 2.05) is 42.5 Å². The summed E-state index contributed by atoms with van der Waals surface area (Å²) >= 11 is 0. The van der Waals surface area contributed by atoms with Crippen LogP contribution in [-0.2, 0) is 4.79 Å². The van der Waals surface area contributed by atoms with E-state index in [0.717, 1.165) is 37.0 Å². The molecule has 0 spiro atoms. The Morgan fingerprint density at radius 2 is 1.85 bits per heavy atom. The van der Waals surface area contributed by atoms with Crippen molar-refractivity contribution in [3.8, 4) is 0 Å². The number of rotatable bonds is 4. The number of furan rings is 1. The highest BCUT2D eigenvalue weighted by molar-refractivity contribution is 5.79. The van der Waals surface area contributed by atoms with Gasteiger partial charge >= 0.3 is 0 Å². The molecule has 1 heterocycles. The summed E-state index contributed by atoms with van der Waals surface area (Å²) in [6.45, 7) is 0. The Hall–Kier alpha value is -2.03. The smallest absolute Gasteiger partial charge is 0.223 e. The fourth-order valence-electron chi connectivity index (χ4n) is 2.87. The van der Waals surface area contributed by atoms with E-state index < -0.39 is 0 Å². The first-order valence-corrected chi connectivity index (χ1v) is 7.23. The predicted molar refractivity (Wildman–Crippen MR) is 77.1 cm³/mol. The van der Waals surface area contributed by atoms with Crippen molar-refractivity contribution in [1.29, 1.82) is 0 Å². The van der Waals surface area contributed by atoms with Gasteiger partial charge in [-0.15, -0.1) is 0 Å². The molecular formula is C17H19NO2. The van der Waals surface area contributed by atoms with E-state index in [-0.39, 0.29) is 17.9 Å². The summed E-state index contributed by atoms with van der Waals surface area (Å²) in [5.74, 6) is 1.09. The van der Waals surface area contributed by atoms with Crippen LogP contribution in [0.5, 0.6) is 0 Å². The number of nitrogens with one attached hydrogen (secondary N) is 1. The molecule has 1 aliphatic carbocycles. The van der Waals surface area contributed by atoms with Gasteiger partial charge in [0, 0.05) is 5.92 Å². The van der Waals surface area contributed by atoms with E-state index in [4.69, 9.17) is 4.42 Å². The number of hydrogen-bond donors (Lipinski definition) is 1. The SMILES string of the molecule is O=C(NC(c1ccccc1)c1ccco1)C1CCCC1. The van der Waals surface area contributed by atoms with Crippen molar-refractivity contribution in [2.75, 3.05) is 0 Å². The molecule has 1 saturated carbocycles. The maximum atomic E-state index is 12.4. The second-order valence-electron chi connectivity index (χ2n) is 5.35. The molecule has 2 aromatic rings. The van der Waals surface area contributed by atoms with Gasteiger partial charge in [-0.25, -0.2) is 0 Å². The summed E-state index contributed by atoms with van der Waals surface area (Å²) in [6, 6.07) is 13.5. The summed E-state index contributed by atoms with van der Waals surface area (Å²) in [6.07, 6.45) is 5.98. The molecule has 1 aromatic heterocycles. The van der Waals surface area contributed by atoms with Gasteiger partial charge in [-0.1, -0.05) is 43.2 Å². The maximum absolute atomic E-state index is 12.4. The summed E-state index contributed by atoms with van der Waals surface area (Å²) in [5, 5.41) is 3.14. The molecule has 3 heteroatoms. The van der Waals surface area contributed by atoms with Crippen molar-refractivity contribution in [2.45, 2.75) is 31.7 Å². The Morgan fingerprint density at radius 3 is 2.50 bits per heavy atom. The number of benzene rings is 1. The van der Waals surface area contributed by atoms with Crippen molar-refractivity contribution in [1.82, 2.24) is 5.32 Å². The number of hydrogen-bond acceptors (Lipinski definition) is 2. The molecule has 20 heavy (non-hydrogen) atoms. The molecule has 1 atom stereocenters. The van der Waals surface area contributed by atoms with Gasteiger partial charge in [0.2, 0.25) is 5.91 Å². The fourth-order valence-corrected chi connectivity index (χ4v) is 2.87. The molecule has 1 amide bonds. The van der Waals surface area contributed by atoms with Crippen LogP contribution >= 0.6 is 0 Å². The topological polar surface area (TPSA) is 42.2 Å². The Balaban J connectivity index is 1.81. The zero-order valence-corrected chi connectivity index (χ0v) is 11.4. The second-order valence-corrected chi connectivity index (χ2v) is 5.35. The highest BCUT2D eigenvalue weighted by Gasteiger charge is 2.26. The molecule has 1 fully saturated rings. The Bertz CT molecular complexity index is 542. The normalized spacial score (nSPS) is 17.0. The third kappa shape index (κ3) is 2.77. The van der Waals surface area contributed by atoms with Crippen LogP contribution in [0.4, 0.5) is 0 Å². The van der Waals surface area contributed by atoms with E-state index >= 15 is 0 Å². The van der Waals surface area contributed by atoms with E-state index in [9.17, 15) is 4.79 Å². The average molecular weight is 269 g/mol. The van der Waals surface area contributed by atoms with Gasteiger partial charge in [0.05, 0.1) is 6.26 Å². The van der Waals surface area contributed by atoms with Crippen molar-refractivity contribution in [3.63, 3.8) is 0 Å². The highest BCUT2D eigenvalue weighted by atomic mass is 16.3. The van der Waals surface area contributed by atoms with Crippen LogP contribution in [0.3, 0.4) is 0 Å². The molecule has 1 aromatic carbocycles. The molecule has 1 N–H and O–H groups in total. The van der Waals surface area contributed by atoms with Crippen LogP contribution in [0.25, 0.3) is 0 Å². The molecule has 0 saturated heterocycles. The van der Waals surface area contributed by atoms with Crippen molar-refractivity contribution >= 4 is 5.91 Å². The van der Waals surface area contributed by atoms with E-state index in [1.165, 1.54) is 0 Å². The molecule has 0 bridgehead atoms. The van der Waals surface area contributed by atoms with E-state index in [1.54, 1.807) is 6.26 Å². The van der Waals surface area contributed by atoms with Crippen LogP contribution in [0, 0.1) is 5.92 Å². The van der Waals surface area contributed by atoms with E-state index in [2.05, 4.69) is 5.32 Å². The lowest BCUT2D eigenvalue weighted by Crippen LogP contribution is -2.33. The fraction of sp³-hybridized carbons (Fsp3) is 0.353. The lowest BCUT2D eigenvalue weighted by molar-refractivity contribution is -0.125. The van der Waals surface area contributed by atoms with Gasteiger partial charge in [0.25, 0.3) is 0 Å². The van der Waals surface area contributed by atoms with Gasteiger partial charge in [-0.3, -0.25) is 4.79 Å². The van der Waals surface area contributed by atoms with Gasteiger partial charge in [-0.05, 0) is 30.5 Å². The van der Waals surface area contributed by atoms with Gasteiger partial charge in [0.15, 0.2) is 0 Å². The minimum atomic E-state index is -0.195. The van der Waals surface area contributed by atoms with Crippen LogP contribution in [0.2, 0.25) is 0 Å². The third-order valence-corrected chi connectivity index (χ3v) is 3.97. The standard InChI is InChI=1S/C17H19NO2/c19-17(14-9-4-5-10-14)18-16(15-11-6-12-20-15)13-7-2-1-3-8-13/h1-3,6-8,11-12,14,16H,4-5,9-10H2,(H,18,19). The van der Waals surface area contributed by atoms with E-state index in [0.29, 0.717) is 0 Å². The summed E-state index contributed by atoms with van der Waals surface area (Å²) < 4.78 is 5.50. The molecule has 3 rings (SSSR count). The summed E-state index contributed by atoms with van der Waals surface area (Å²) in [7, 11) is 0. The van der Waals surface area contributed by atoms with Gasteiger partial charge in [0.1, 0.15) is 11.8 Å². The monoisotopic (exact) mass is 269 g/mol. The van der Waals surface area contributed by atoms with Crippen LogP contribution < -0.4 is 5.32 Å². The highest BCUT2D eigenvalue weighted by Crippen LogP contribution is 2.28. The minimum absolute atomic E-state index is 0.146. The second kappa shape index (κ2) is 5.95.